The molecule has 1 aliphatic heterocycles. The molecule has 0 N–H and O–H groups in total. The van der Waals surface area contributed by atoms with E-state index in [1.165, 1.54) is 0 Å². The summed E-state index contributed by atoms with van der Waals surface area (Å²) in [5.74, 6) is 0. The number of ether oxygens (including phenoxy) is 2. The Morgan fingerprint density at radius 2 is 2.29 bits per heavy atom. The van der Waals surface area contributed by atoms with Crippen LogP contribution in [0.4, 0.5) is 0 Å². The van der Waals surface area contributed by atoms with Gasteiger partial charge in [-0.15, -0.1) is 0 Å². The Kier molecular flexibility index (Phi) is 5.45. The second kappa shape index (κ2) is 6.38. The van der Waals surface area contributed by atoms with Gasteiger partial charge in [0.25, 0.3) is 0 Å². The van der Waals surface area contributed by atoms with E-state index in [1.807, 2.05) is 0 Å². The van der Waals surface area contributed by atoms with Crippen molar-refractivity contribution >= 4 is 0 Å². The average Bonchev–Trinajstić information content (AvgIpc) is 2.15. The third kappa shape index (κ3) is 4.40. The molecule has 0 aliphatic carbocycles. The van der Waals surface area contributed by atoms with Crippen molar-refractivity contribution in [1.29, 1.82) is 0 Å². The lowest BCUT2D eigenvalue weighted by Gasteiger charge is -2.33. The topological polar surface area (TPSA) is 21.7 Å². The number of rotatable bonds is 5. The van der Waals surface area contributed by atoms with Crippen LogP contribution in [0.25, 0.3) is 0 Å². The highest BCUT2D eigenvalue weighted by atomic mass is 16.5. The van der Waals surface area contributed by atoms with Crippen molar-refractivity contribution in [1.82, 2.24) is 4.90 Å². The molecule has 0 aromatic carbocycles. The summed E-state index contributed by atoms with van der Waals surface area (Å²) < 4.78 is 10.9. The van der Waals surface area contributed by atoms with E-state index in [4.69, 9.17) is 9.47 Å². The number of hydrogen-bond donors (Lipinski definition) is 0. The maximum Gasteiger partial charge on any atom is 0.0619 e. The van der Waals surface area contributed by atoms with Crippen molar-refractivity contribution in [2.24, 2.45) is 0 Å². The Morgan fingerprint density at radius 1 is 1.50 bits per heavy atom. The zero-order valence-electron chi connectivity index (χ0n) is 9.66. The molecule has 0 saturated carbocycles. The number of morpholine rings is 1. The lowest BCUT2D eigenvalue weighted by atomic mass is 10.2. The zero-order chi connectivity index (χ0) is 10.4. The van der Waals surface area contributed by atoms with E-state index in [0.29, 0.717) is 12.1 Å². The van der Waals surface area contributed by atoms with Gasteiger partial charge in [0.15, 0.2) is 0 Å². The molecule has 0 amide bonds. The summed E-state index contributed by atoms with van der Waals surface area (Å²) in [5.41, 5.74) is 0. The van der Waals surface area contributed by atoms with Crippen LogP contribution in [0, 0.1) is 0 Å². The maximum atomic E-state index is 5.51. The Hall–Kier alpha value is -0.120. The molecule has 1 heterocycles. The molecule has 84 valence electrons. The molecule has 0 bridgehead atoms. The highest BCUT2D eigenvalue weighted by Crippen LogP contribution is 2.06. The van der Waals surface area contributed by atoms with Gasteiger partial charge in [-0.3, -0.25) is 4.90 Å². The van der Waals surface area contributed by atoms with Gasteiger partial charge in [0.05, 0.1) is 19.3 Å². The van der Waals surface area contributed by atoms with Crippen LogP contribution in [-0.4, -0.2) is 50.0 Å². The molecule has 3 nitrogen and oxygen atoms in total. The van der Waals surface area contributed by atoms with E-state index in [0.717, 1.165) is 39.3 Å². The summed E-state index contributed by atoms with van der Waals surface area (Å²) in [6.45, 7) is 11.2. The summed E-state index contributed by atoms with van der Waals surface area (Å²) in [6, 6.07) is 0.572. The normalized spacial score (nSPS) is 24.4. The van der Waals surface area contributed by atoms with Crippen molar-refractivity contribution < 1.29 is 9.47 Å². The summed E-state index contributed by atoms with van der Waals surface area (Å²) in [5, 5.41) is 0. The first-order chi connectivity index (χ1) is 6.70. The summed E-state index contributed by atoms with van der Waals surface area (Å²) in [6.07, 6.45) is 1.49. The summed E-state index contributed by atoms with van der Waals surface area (Å²) in [4.78, 5) is 2.48. The second-order valence-electron chi connectivity index (χ2n) is 4.23. The van der Waals surface area contributed by atoms with Crippen LogP contribution in [0.15, 0.2) is 0 Å². The standard InChI is InChI=1S/C11H23NO2/c1-10(2)14-7-4-5-12-6-8-13-9-11(12)3/h10-11H,4-9H2,1-3H3/t11-/m0/s1. The van der Waals surface area contributed by atoms with E-state index in [1.54, 1.807) is 0 Å². The van der Waals surface area contributed by atoms with Gasteiger partial charge in [0.2, 0.25) is 0 Å². The molecule has 14 heavy (non-hydrogen) atoms. The van der Waals surface area contributed by atoms with Gasteiger partial charge < -0.3 is 9.47 Å². The number of nitrogens with zero attached hydrogens (tertiary/aromatic N) is 1. The van der Waals surface area contributed by atoms with Gasteiger partial charge >= 0.3 is 0 Å². The third-order valence-corrected chi connectivity index (χ3v) is 2.55. The summed E-state index contributed by atoms with van der Waals surface area (Å²) >= 11 is 0. The van der Waals surface area contributed by atoms with Crippen molar-refractivity contribution in [3.05, 3.63) is 0 Å². The Morgan fingerprint density at radius 3 is 2.93 bits per heavy atom. The van der Waals surface area contributed by atoms with E-state index < -0.39 is 0 Å². The predicted molar refractivity (Wildman–Crippen MR) is 57.6 cm³/mol. The van der Waals surface area contributed by atoms with Crippen molar-refractivity contribution in [2.75, 3.05) is 32.9 Å². The molecule has 1 fully saturated rings. The molecule has 3 heteroatoms. The third-order valence-electron chi connectivity index (χ3n) is 2.55. The maximum absolute atomic E-state index is 5.51. The number of hydrogen-bond acceptors (Lipinski definition) is 3. The molecule has 0 aromatic rings. The largest absolute Gasteiger partial charge is 0.379 e. The smallest absolute Gasteiger partial charge is 0.0619 e. The highest BCUT2D eigenvalue weighted by molar-refractivity contribution is 4.70. The van der Waals surface area contributed by atoms with Gasteiger partial charge in [-0.2, -0.15) is 0 Å². The quantitative estimate of drug-likeness (QED) is 0.630. The average molecular weight is 201 g/mol. The van der Waals surface area contributed by atoms with Crippen LogP contribution >= 0.6 is 0 Å². The molecule has 1 rings (SSSR count). The minimum absolute atomic E-state index is 0.358. The molecule has 0 aromatic heterocycles. The molecule has 1 aliphatic rings. The second-order valence-corrected chi connectivity index (χ2v) is 4.23. The first-order valence-corrected chi connectivity index (χ1v) is 5.63. The van der Waals surface area contributed by atoms with E-state index in [2.05, 4.69) is 25.7 Å². The van der Waals surface area contributed by atoms with Crippen LogP contribution in [0.5, 0.6) is 0 Å². The first-order valence-electron chi connectivity index (χ1n) is 5.63. The minimum atomic E-state index is 0.358. The van der Waals surface area contributed by atoms with E-state index in [-0.39, 0.29) is 0 Å². The SMILES string of the molecule is CC(C)OCCCN1CCOC[C@@H]1C. The monoisotopic (exact) mass is 201 g/mol. The van der Waals surface area contributed by atoms with Crippen LogP contribution < -0.4 is 0 Å². The lowest BCUT2D eigenvalue weighted by molar-refractivity contribution is -0.00690. The molecule has 0 unspecified atom stereocenters. The highest BCUT2D eigenvalue weighted by Gasteiger charge is 2.17. The predicted octanol–water partition coefficient (Wildman–Crippen LogP) is 1.52. The van der Waals surface area contributed by atoms with Gasteiger partial charge in [-0.05, 0) is 27.2 Å². The summed E-state index contributed by atoms with van der Waals surface area (Å²) in [7, 11) is 0. The van der Waals surface area contributed by atoms with Gasteiger partial charge in [-0.1, -0.05) is 0 Å². The van der Waals surface area contributed by atoms with Gasteiger partial charge in [0, 0.05) is 25.7 Å². The fourth-order valence-corrected chi connectivity index (χ4v) is 1.68. The Labute approximate surface area is 87.4 Å². The van der Waals surface area contributed by atoms with Crippen molar-refractivity contribution in [2.45, 2.75) is 39.3 Å². The lowest BCUT2D eigenvalue weighted by Crippen LogP contribution is -2.44. The fourth-order valence-electron chi connectivity index (χ4n) is 1.68. The van der Waals surface area contributed by atoms with Crippen molar-refractivity contribution in [3.63, 3.8) is 0 Å². The van der Waals surface area contributed by atoms with E-state index in [9.17, 15) is 0 Å². The van der Waals surface area contributed by atoms with Crippen LogP contribution in [0.3, 0.4) is 0 Å². The zero-order valence-corrected chi connectivity index (χ0v) is 9.66. The molecule has 1 atom stereocenters. The Bertz CT molecular complexity index is 150. The Balaban J connectivity index is 2.04. The van der Waals surface area contributed by atoms with Crippen molar-refractivity contribution in [3.8, 4) is 0 Å². The van der Waals surface area contributed by atoms with Crippen LogP contribution in [0.1, 0.15) is 27.2 Å². The van der Waals surface area contributed by atoms with E-state index >= 15 is 0 Å². The van der Waals surface area contributed by atoms with Crippen LogP contribution in [0.2, 0.25) is 0 Å². The van der Waals surface area contributed by atoms with Gasteiger partial charge in [0.1, 0.15) is 0 Å². The minimum Gasteiger partial charge on any atom is -0.379 e. The first kappa shape index (κ1) is 12.0. The molecule has 0 spiro atoms. The van der Waals surface area contributed by atoms with Gasteiger partial charge in [-0.25, -0.2) is 0 Å². The van der Waals surface area contributed by atoms with Crippen LogP contribution in [-0.2, 0) is 9.47 Å². The fraction of sp³-hybridized carbons (Fsp3) is 1.00. The molecule has 0 radical (unpaired) electrons. The molecule has 1 saturated heterocycles. The molecular weight excluding hydrogens is 178 g/mol. The molecular formula is C11H23NO2.